The van der Waals surface area contributed by atoms with Crippen molar-refractivity contribution in [3.05, 3.63) is 71.4 Å². The lowest BCUT2D eigenvalue weighted by atomic mass is 9.90. The summed E-state index contributed by atoms with van der Waals surface area (Å²) in [6.45, 7) is 4.53. The van der Waals surface area contributed by atoms with Gasteiger partial charge in [-0.15, -0.1) is 0 Å². The third-order valence-corrected chi connectivity index (χ3v) is 7.94. The average molecular weight is 423 g/mol. The molecule has 1 aliphatic heterocycles. The Morgan fingerprint density at radius 3 is 2.53 bits per heavy atom. The van der Waals surface area contributed by atoms with Gasteiger partial charge in [0.25, 0.3) is 0 Å². The van der Waals surface area contributed by atoms with Crippen LogP contribution in [0.5, 0.6) is 0 Å². The van der Waals surface area contributed by atoms with Crippen molar-refractivity contribution in [2.24, 2.45) is 5.92 Å². The molecule has 4 rings (SSSR count). The highest BCUT2D eigenvalue weighted by Crippen LogP contribution is 2.27. The quantitative estimate of drug-likeness (QED) is 0.622. The zero-order chi connectivity index (χ0) is 21.3. The number of fused-ring (bicyclic) bond motifs is 1. The van der Waals surface area contributed by atoms with E-state index in [9.17, 15) is 13.2 Å². The van der Waals surface area contributed by atoms with Crippen LogP contribution < -0.4 is 0 Å². The molecular formula is C24H26N2O3S. The van der Waals surface area contributed by atoms with Gasteiger partial charge in [-0.1, -0.05) is 35.9 Å². The van der Waals surface area contributed by atoms with E-state index in [0.717, 1.165) is 27.6 Å². The number of hydrogen-bond donors (Lipinski definition) is 0. The number of aryl methyl sites for hydroxylation is 2. The lowest BCUT2D eigenvalue weighted by Crippen LogP contribution is -2.40. The van der Waals surface area contributed by atoms with Crippen LogP contribution in [0, 0.1) is 19.8 Å². The first-order valence-corrected chi connectivity index (χ1v) is 11.7. The van der Waals surface area contributed by atoms with Gasteiger partial charge in [-0.2, -0.15) is 4.31 Å². The maximum absolute atomic E-state index is 13.0. The SMILES string of the molecule is Cc1ccc(S(=O)(=O)N2CCC(C(=O)Cc3cnc4ccccc4c3)CC2)c(C)c1. The van der Waals surface area contributed by atoms with Gasteiger partial charge in [0.15, 0.2) is 0 Å². The number of nitrogens with zero attached hydrogens (tertiary/aromatic N) is 2. The number of para-hydroxylation sites is 1. The molecule has 0 aliphatic carbocycles. The number of sulfonamides is 1. The Balaban J connectivity index is 1.41. The summed E-state index contributed by atoms with van der Waals surface area (Å²) in [5.41, 5.74) is 3.62. The summed E-state index contributed by atoms with van der Waals surface area (Å²) >= 11 is 0. The normalized spacial score (nSPS) is 16.1. The molecule has 0 spiro atoms. The van der Waals surface area contributed by atoms with Crippen molar-refractivity contribution in [3.8, 4) is 0 Å². The van der Waals surface area contributed by atoms with Crippen LogP contribution >= 0.6 is 0 Å². The predicted octanol–water partition coefficient (Wildman–Crippen LogP) is 4.06. The van der Waals surface area contributed by atoms with E-state index in [2.05, 4.69) is 4.98 Å². The lowest BCUT2D eigenvalue weighted by molar-refractivity contribution is -0.123. The van der Waals surface area contributed by atoms with E-state index in [-0.39, 0.29) is 11.7 Å². The number of piperidine rings is 1. The second-order valence-corrected chi connectivity index (χ2v) is 10.0. The molecule has 156 valence electrons. The minimum absolute atomic E-state index is 0.109. The Hall–Kier alpha value is -2.57. The van der Waals surface area contributed by atoms with Gasteiger partial charge in [0, 0.05) is 37.0 Å². The number of hydrogen-bond acceptors (Lipinski definition) is 4. The molecule has 6 heteroatoms. The van der Waals surface area contributed by atoms with Gasteiger partial charge < -0.3 is 0 Å². The summed E-state index contributed by atoms with van der Waals surface area (Å²) in [5.74, 6) is 0.0534. The number of pyridine rings is 1. The van der Waals surface area contributed by atoms with E-state index < -0.39 is 10.0 Å². The zero-order valence-corrected chi connectivity index (χ0v) is 18.2. The number of ketones is 1. The fourth-order valence-corrected chi connectivity index (χ4v) is 5.88. The van der Waals surface area contributed by atoms with E-state index in [1.54, 1.807) is 12.3 Å². The lowest BCUT2D eigenvalue weighted by Gasteiger charge is -2.31. The smallest absolute Gasteiger partial charge is 0.243 e. The van der Waals surface area contributed by atoms with E-state index in [1.165, 1.54) is 4.31 Å². The van der Waals surface area contributed by atoms with Gasteiger partial charge in [0.1, 0.15) is 5.78 Å². The first-order valence-electron chi connectivity index (χ1n) is 10.3. The summed E-state index contributed by atoms with van der Waals surface area (Å²) in [6.07, 6.45) is 3.22. The molecule has 1 fully saturated rings. The number of carbonyl (C=O) groups is 1. The van der Waals surface area contributed by atoms with Gasteiger partial charge in [-0.25, -0.2) is 8.42 Å². The molecule has 1 aliphatic rings. The van der Waals surface area contributed by atoms with Gasteiger partial charge in [-0.05, 0) is 56.0 Å². The average Bonchev–Trinajstić information content (AvgIpc) is 2.73. The van der Waals surface area contributed by atoms with Gasteiger partial charge in [-0.3, -0.25) is 9.78 Å². The Morgan fingerprint density at radius 1 is 1.07 bits per heavy atom. The van der Waals surface area contributed by atoms with Gasteiger partial charge >= 0.3 is 0 Å². The van der Waals surface area contributed by atoms with Gasteiger partial charge in [0.2, 0.25) is 10.0 Å². The highest BCUT2D eigenvalue weighted by atomic mass is 32.2. The molecule has 30 heavy (non-hydrogen) atoms. The minimum Gasteiger partial charge on any atom is -0.299 e. The Morgan fingerprint density at radius 2 is 1.80 bits per heavy atom. The number of rotatable bonds is 5. The number of carbonyl (C=O) groups excluding carboxylic acids is 1. The first-order chi connectivity index (χ1) is 14.3. The Labute approximate surface area is 177 Å². The molecular weight excluding hydrogens is 396 g/mol. The molecule has 2 heterocycles. The molecule has 0 saturated carbocycles. The van der Waals surface area contributed by atoms with Crippen LogP contribution in [-0.4, -0.2) is 36.6 Å². The molecule has 1 saturated heterocycles. The molecule has 3 aromatic rings. The topological polar surface area (TPSA) is 67.3 Å². The first kappa shape index (κ1) is 20.7. The summed E-state index contributed by atoms with van der Waals surface area (Å²) in [6, 6.07) is 15.3. The molecule has 0 amide bonds. The molecule has 0 bridgehead atoms. The summed E-state index contributed by atoms with van der Waals surface area (Å²) in [4.78, 5) is 17.6. The predicted molar refractivity (Wildman–Crippen MR) is 118 cm³/mol. The molecule has 0 N–H and O–H groups in total. The molecule has 0 radical (unpaired) electrons. The van der Waals surface area contributed by atoms with Crippen molar-refractivity contribution < 1.29 is 13.2 Å². The standard InChI is InChI=1S/C24H26N2O3S/c1-17-7-8-24(18(2)13-17)30(28,29)26-11-9-20(10-12-26)23(27)15-19-14-21-5-3-4-6-22(21)25-16-19/h3-8,13-14,16,20H,9-12,15H2,1-2H3. The van der Waals surface area contributed by atoms with Crippen LogP contribution in [-0.2, 0) is 21.2 Å². The van der Waals surface area contributed by atoms with Crippen molar-refractivity contribution in [1.82, 2.24) is 9.29 Å². The van der Waals surface area contributed by atoms with E-state index in [4.69, 9.17) is 0 Å². The number of benzene rings is 2. The van der Waals surface area contributed by atoms with Crippen molar-refractivity contribution in [2.45, 2.75) is 38.0 Å². The van der Waals surface area contributed by atoms with Crippen molar-refractivity contribution in [2.75, 3.05) is 13.1 Å². The fourth-order valence-electron chi connectivity index (χ4n) is 4.20. The second-order valence-electron chi connectivity index (χ2n) is 8.13. The van der Waals surface area contributed by atoms with Crippen LogP contribution in [0.4, 0.5) is 0 Å². The third-order valence-electron chi connectivity index (χ3n) is 5.88. The Bertz CT molecular complexity index is 1200. The molecule has 0 unspecified atom stereocenters. The van der Waals surface area contributed by atoms with E-state index in [0.29, 0.717) is 37.2 Å². The monoisotopic (exact) mass is 422 g/mol. The summed E-state index contributed by atoms with van der Waals surface area (Å²) in [7, 11) is -3.53. The highest BCUT2D eigenvalue weighted by molar-refractivity contribution is 7.89. The third kappa shape index (κ3) is 4.16. The van der Waals surface area contributed by atoms with Gasteiger partial charge in [0.05, 0.1) is 10.4 Å². The van der Waals surface area contributed by atoms with Crippen LogP contribution in [0.2, 0.25) is 0 Å². The van der Waals surface area contributed by atoms with E-state index >= 15 is 0 Å². The molecule has 2 aromatic carbocycles. The van der Waals surface area contributed by atoms with Crippen molar-refractivity contribution in [1.29, 1.82) is 0 Å². The second kappa shape index (κ2) is 8.28. The largest absolute Gasteiger partial charge is 0.299 e. The maximum Gasteiger partial charge on any atom is 0.243 e. The van der Waals surface area contributed by atoms with Crippen molar-refractivity contribution >= 4 is 26.7 Å². The minimum atomic E-state index is -3.53. The summed E-state index contributed by atoms with van der Waals surface area (Å²) < 4.78 is 27.6. The van der Waals surface area contributed by atoms with E-state index in [1.807, 2.05) is 56.3 Å². The fraction of sp³-hybridized carbons (Fsp3) is 0.333. The highest BCUT2D eigenvalue weighted by Gasteiger charge is 2.32. The van der Waals surface area contributed by atoms with Crippen LogP contribution in [0.3, 0.4) is 0 Å². The molecule has 1 aromatic heterocycles. The number of aromatic nitrogens is 1. The number of Topliss-reactive ketones (excluding diaryl/α,β-unsaturated/α-hetero) is 1. The summed E-state index contributed by atoms with van der Waals surface area (Å²) in [5, 5.41) is 1.03. The zero-order valence-electron chi connectivity index (χ0n) is 17.3. The van der Waals surface area contributed by atoms with Crippen LogP contribution in [0.15, 0.2) is 59.6 Å². The molecule has 5 nitrogen and oxygen atoms in total. The Kier molecular flexibility index (Phi) is 5.71. The van der Waals surface area contributed by atoms with Crippen LogP contribution in [0.25, 0.3) is 10.9 Å². The molecule has 0 atom stereocenters. The maximum atomic E-state index is 13.0. The van der Waals surface area contributed by atoms with Crippen molar-refractivity contribution in [3.63, 3.8) is 0 Å². The van der Waals surface area contributed by atoms with Crippen LogP contribution in [0.1, 0.15) is 29.5 Å².